The van der Waals surface area contributed by atoms with Gasteiger partial charge in [0.2, 0.25) is 5.91 Å². The Balaban J connectivity index is 1.29. The van der Waals surface area contributed by atoms with Crippen LogP contribution in [-0.2, 0) is 11.3 Å². The average Bonchev–Trinajstić information content (AvgIpc) is 3.66. The molecule has 2 saturated carbocycles. The standard InChI is InChI=1S/C30H42N4O3S/c1-37-26-11-7-21(8-12-26)20-34(24-9-10-24)25-13-14-33(30(36)28-6-3-15-38-28)27(17-25)29(35)32-19-23-5-2-4-22(16-23)18-31/h3,6-8,11-12,15,22-25,27H,2,4-5,9-10,13-14,16-20,31H2,1H3,(H,32,35)/t22?,23?,25?,27-/m1/s1. The first kappa shape index (κ1) is 27.2. The van der Waals surface area contributed by atoms with E-state index in [4.69, 9.17) is 10.5 Å². The summed E-state index contributed by atoms with van der Waals surface area (Å²) in [5, 5.41) is 5.19. The molecule has 3 aliphatic rings. The van der Waals surface area contributed by atoms with Gasteiger partial charge in [-0.1, -0.05) is 24.6 Å². The van der Waals surface area contributed by atoms with Crippen LogP contribution in [0.25, 0.3) is 0 Å². The normalized spacial score (nSPS) is 25.8. The van der Waals surface area contributed by atoms with Crippen LogP contribution < -0.4 is 15.8 Å². The van der Waals surface area contributed by atoms with Crippen molar-refractivity contribution in [3.05, 3.63) is 52.2 Å². The van der Waals surface area contributed by atoms with Gasteiger partial charge in [0, 0.05) is 31.7 Å². The molecule has 2 amide bonds. The smallest absolute Gasteiger partial charge is 0.264 e. The van der Waals surface area contributed by atoms with Crippen LogP contribution in [0.5, 0.6) is 5.75 Å². The Hall–Kier alpha value is -2.42. The molecule has 1 aromatic heterocycles. The van der Waals surface area contributed by atoms with Crippen molar-refractivity contribution < 1.29 is 14.3 Å². The predicted octanol–water partition coefficient (Wildman–Crippen LogP) is 4.28. The van der Waals surface area contributed by atoms with Gasteiger partial charge in [-0.3, -0.25) is 14.5 Å². The van der Waals surface area contributed by atoms with Crippen molar-refractivity contribution in [3.63, 3.8) is 0 Å². The van der Waals surface area contributed by atoms with Gasteiger partial charge in [-0.25, -0.2) is 0 Å². The van der Waals surface area contributed by atoms with Crippen molar-refractivity contribution in [2.24, 2.45) is 17.6 Å². The van der Waals surface area contributed by atoms with Crippen molar-refractivity contribution in [3.8, 4) is 5.75 Å². The second-order valence-corrected chi connectivity index (χ2v) is 12.2. The van der Waals surface area contributed by atoms with Crippen LogP contribution in [0.15, 0.2) is 41.8 Å². The van der Waals surface area contributed by atoms with Crippen LogP contribution in [0.4, 0.5) is 0 Å². The molecule has 4 atom stereocenters. The highest BCUT2D eigenvalue weighted by atomic mass is 32.1. The first-order chi connectivity index (χ1) is 18.6. The van der Waals surface area contributed by atoms with E-state index in [0.717, 1.165) is 38.1 Å². The zero-order valence-corrected chi connectivity index (χ0v) is 23.3. The predicted molar refractivity (Wildman–Crippen MR) is 151 cm³/mol. The Morgan fingerprint density at radius 3 is 2.53 bits per heavy atom. The van der Waals surface area contributed by atoms with Crippen molar-refractivity contribution in [2.45, 2.75) is 76.0 Å². The number of benzene rings is 1. The number of piperidine rings is 1. The van der Waals surface area contributed by atoms with Gasteiger partial charge in [0.25, 0.3) is 5.91 Å². The molecule has 2 heterocycles. The van der Waals surface area contributed by atoms with E-state index in [9.17, 15) is 9.59 Å². The fourth-order valence-electron chi connectivity index (χ4n) is 6.35. The lowest BCUT2D eigenvalue weighted by molar-refractivity contribution is -0.128. The summed E-state index contributed by atoms with van der Waals surface area (Å²) in [6.45, 7) is 2.86. The fraction of sp³-hybridized carbons (Fsp3) is 0.600. The first-order valence-corrected chi connectivity index (χ1v) is 15.1. The van der Waals surface area contributed by atoms with E-state index in [1.165, 1.54) is 42.6 Å². The third-order valence-electron chi connectivity index (χ3n) is 8.67. The molecule has 0 radical (unpaired) electrons. The number of likely N-dealkylation sites (tertiary alicyclic amines) is 1. The average molecular weight is 539 g/mol. The van der Waals surface area contributed by atoms with Gasteiger partial charge in [-0.15, -0.1) is 11.3 Å². The molecular weight excluding hydrogens is 496 g/mol. The highest BCUT2D eigenvalue weighted by Crippen LogP contribution is 2.35. The monoisotopic (exact) mass is 538 g/mol. The number of thiophene rings is 1. The van der Waals surface area contributed by atoms with Gasteiger partial charge in [0.1, 0.15) is 11.8 Å². The van der Waals surface area contributed by atoms with Gasteiger partial charge in [0.15, 0.2) is 0 Å². The molecular formula is C30H42N4O3S. The second-order valence-electron chi connectivity index (χ2n) is 11.3. The lowest BCUT2D eigenvalue weighted by Crippen LogP contribution is -2.57. The van der Waals surface area contributed by atoms with Crippen LogP contribution in [0.2, 0.25) is 0 Å². The van der Waals surface area contributed by atoms with Crippen LogP contribution >= 0.6 is 11.3 Å². The number of ether oxygens (including phenoxy) is 1. The Kier molecular flexibility index (Phi) is 9.02. The zero-order chi connectivity index (χ0) is 26.5. The van der Waals surface area contributed by atoms with E-state index in [1.807, 2.05) is 34.5 Å². The van der Waals surface area contributed by atoms with Gasteiger partial charge in [0.05, 0.1) is 12.0 Å². The number of rotatable bonds is 10. The Morgan fingerprint density at radius 1 is 1.05 bits per heavy atom. The van der Waals surface area contributed by atoms with Crippen LogP contribution in [0.1, 0.15) is 66.6 Å². The number of methoxy groups -OCH3 is 1. The van der Waals surface area contributed by atoms with E-state index >= 15 is 0 Å². The third kappa shape index (κ3) is 6.58. The molecule has 1 saturated heterocycles. The minimum absolute atomic E-state index is 0.00493. The van der Waals surface area contributed by atoms with Crippen LogP contribution in [-0.4, -0.2) is 66.5 Å². The first-order valence-electron chi connectivity index (χ1n) is 14.3. The molecule has 1 aliphatic heterocycles. The van der Waals surface area contributed by atoms with E-state index in [0.29, 0.717) is 42.3 Å². The maximum Gasteiger partial charge on any atom is 0.264 e. The number of nitrogens with zero attached hydrogens (tertiary/aromatic N) is 2. The lowest BCUT2D eigenvalue weighted by Gasteiger charge is -2.43. The molecule has 8 heteroatoms. The van der Waals surface area contributed by atoms with Crippen LogP contribution in [0.3, 0.4) is 0 Å². The maximum absolute atomic E-state index is 13.7. The van der Waals surface area contributed by atoms with E-state index < -0.39 is 6.04 Å². The quantitative estimate of drug-likeness (QED) is 0.472. The number of amides is 2. The topological polar surface area (TPSA) is 87.9 Å². The summed E-state index contributed by atoms with van der Waals surface area (Å²) in [4.78, 5) is 32.3. The molecule has 3 unspecified atom stereocenters. The summed E-state index contributed by atoms with van der Waals surface area (Å²) in [7, 11) is 1.69. The summed E-state index contributed by atoms with van der Waals surface area (Å²) in [5.74, 6) is 1.87. The van der Waals surface area contributed by atoms with Gasteiger partial charge < -0.3 is 20.7 Å². The van der Waals surface area contributed by atoms with Crippen molar-refractivity contribution in [2.75, 3.05) is 26.7 Å². The number of hydrogen-bond acceptors (Lipinski definition) is 6. The summed E-state index contributed by atoms with van der Waals surface area (Å²) < 4.78 is 5.33. The number of nitrogens with two attached hydrogens (primary N) is 1. The van der Waals surface area contributed by atoms with E-state index in [2.05, 4.69) is 22.3 Å². The Morgan fingerprint density at radius 2 is 1.84 bits per heavy atom. The summed E-state index contributed by atoms with van der Waals surface area (Å²) in [6.07, 6.45) is 8.55. The molecule has 2 aliphatic carbocycles. The molecule has 38 heavy (non-hydrogen) atoms. The van der Waals surface area contributed by atoms with Crippen molar-refractivity contribution in [1.29, 1.82) is 0 Å². The lowest BCUT2D eigenvalue weighted by atomic mass is 9.81. The Bertz CT molecular complexity index is 1060. The van der Waals surface area contributed by atoms with Crippen LogP contribution in [0, 0.1) is 11.8 Å². The molecule has 3 N–H and O–H groups in total. The number of carbonyl (C=O) groups excluding carboxylic acids is 2. The van der Waals surface area contributed by atoms with Gasteiger partial charge in [-0.2, -0.15) is 0 Å². The number of nitrogens with one attached hydrogen (secondary N) is 1. The van der Waals surface area contributed by atoms with E-state index in [-0.39, 0.29) is 17.9 Å². The molecule has 0 spiro atoms. The molecule has 206 valence electrons. The fourth-order valence-corrected chi connectivity index (χ4v) is 7.03. The summed E-state index contributed by atoms with van der Waals surface area (Å²) in [5.41, 5.74) is 7.19. The summed E-state index contributed by atoms with van der Waals surface area (Å²) in [6, 6.07) is 12.4. The molecule has 0 bridgehead atoms. The molecule has 5 rings (SSSR count). The SMILES string of the molecule is COc1ccc(CN(C2CC2)C2CCN(C(=O)c3cccs3)[C@@H](C(=O)NCC3CCCC(CN)C3)C2)cc1. The molecule has 2 aromatic rings. The Labute approximate surface area is 230 Å². The van der Waals surface area contributed by atoms with Gasteiger partial charge >= 0.3 is 0 Å². The summed E-state index contributed by atoms with van der Waals surface area (Å²) >= 11 is 1.45. The highest BCUT2D eigenvalue weighted by Gasteiger charge is 2.42. The van der Waals surface area contributed by atoms with Crippen molar-refractivity contribution >= 4 is 23.2 Å². The largest absolute Gasteiger partial charge is 0.497 e. The number of carbonyl (C=O) groups is 2. The van der Waals surface area contributed by atoms with Crippen molar-refractivity contribution in [1.82, 2.24) is 15.1 Å². The molecule has 1 aromatic carbocycles. The minimum Gasteiger partial charge on any atom is -0.497 e. The zero-order valence-electron chi connectivity index (χ0n) is 22.5. The molecule has 7 nitrogen and oxygen atoms in total. The maximum atomic E-state index is 13.7. The third-order valence-corrected chi connectivity index (χ3v) is 9.53. The minimum atomic E-state index is -0.450. The van der Waals surface area contributed by atoms with E-state index in [1.54, 1.807) is 7.11 Å². The highest BCUT2D eigenvalue weighted by molar-refractivity contribution is 7.12. The van der Waals surface area contributed by atoms with Gasteiger partial charge in [-0.05, 0) is 92.5 Å². The number of hydrogen-bond donors (Lipinski definition) is 2. The molecule has 3 fully saturated rings. The second kappa shape index (κ2) is 12.6.